The van der Waals surface area contributed by atoms with Gasteiger partial charge in [-0.25, -0.2) is 15.0 Å². The van der Waals surface area contributed by atoms with Gasteiger partial charge in [-0.1, -0.05) is 0 Å². The van der Waals surface area contributed by atoms with Gasteiger partial charge in [-0.2, -0.15) is 0 Å². The van der Waals surface area contributed by atoms with Gasteiger partial charge in [0, 0.05) is 38.5 Å². The van der Waals surface area contributed by atoms with E-state index in [1.54, 1.807) is 7.11 Å². The number of anilines is 2. The minimum absolute atomic E-state index is 0.0333. The maximum absolute atomic E-state index is 5.52. The molecular weight excluding hydrogens is 434 g/mol. The zero-order valence-corrected chi connectivity index (χ0v) is 20.3. The van der Waals surface area contributed by atoms with Gasteiger partial charge in [-0.15, -0.1) is 10.2 Å². The van der Waals surface area contributed by atoms with Crippen molar-refractivity contribution in [3.63, 3.8) is 0 Å². The van der Waals surface area contributed by atoms with Crippen molar-refractivity contribution < 1.29 is 9.47 Å². The zero-order valence-electron chi connectivity index (χ0n) is 20.3. The summed E-state index contributed by atoms with van der Waals surface area (Å²) in [7, 11) is 1.71. The third kappa shape index (κ3) is 4.05. The van der Waals surface area contributed by atoms with Crippen LogP contribution in [0.3, 0.4) is 0 Å². The number of fused-ring (bicyclic) bond motifs is 2. The second-order valence-corrected chi connectivity index (χ2v) is 8.96. The number of imidazole rings is 1. The highest BCUT2D eigenvalue weighted by molar-refractivity contribution is 5.82. The Bertz CT molecular complexity index is 1310. The van der Waals surface area contributed by atoms with Crippen molar-refractivity contribution in [3.05, 3.63) is 24.3 Å². The summed E-state index contributed by atoms with van der Waals surface area (Å²) in [5, 5.41) is 12.0. The molecule has 180 valence electrons. The third-order valence-electron chi connectivity index (χ3n) is 5.96. The van der Waals surface area contributed by atoms with E-state index < -0.39 is 0 Å². The molecule has 5 rings (SSSR count). The number of ether oxygens (including phenoxy) is 2. The van der Waals surface area contributed by atoms with Crippen molar-refractivity contribution in [3.8, 4) is 11.5 Å². The van der Waals surface area contributed by atoms with Crippen molar-refractivity contribution in [2.75, 3.05) is 50.2 Å². The van der Waals surface area contributed by atoms with Crippen molar-refractivity contribution in [1.82, 2.24) is 34.1 Å². The standard InChI is InChI=1S/C23H31N9O2/c1-14(2)25-21-23-29-28-16(4)31(23)12-18(26-21)22-27-17-11-24-20(30-6-8-34-9-7-30)10-19(17)32(22)15(3)13-33-5/h10-12,14-15H,6-9,13H2,1-5H3,(H,25,26). The van der Waals surface area contributed by atoms with E-state index in [2.05, 4.69) is 51.8 Å². The Morgan fingerprint density at radius 2 is 1.94 bits per heavy atom. The van der Waals surface area contributed by atoms with E-state index in [0.29, 0.717) is 31.3 Å². The summed E-state index contributed by atoms with van der Waals surface area (Å²) in [6.45, 7) is 11.8. The first-order chi connectivity index (χ1) is 16.5. The second kappa shape index (κ2) is 9.15. The van der Waals surface area contributed by atoms with Crippen LogP contribution >= 0.6 is 0 Å². The van der Waals surface area contributed by atoms with Crippen molar-refractivity contribution in [2.24, 2.45) is 0 Å². The number of hydrogen-bond donors (Lipinski definition) is 1. The largest absolute Gasteiger partial charge is 0.383 e. The Morgan fingerprint density at radius 3 is 2.68 bits per heavy atom. The van der Waals surface area contributed by atoms with Crippen LogP contribution in [-0.4, -0.2) is 80.2 Å². The number of nitrogens with one attached hydrogen (secondary N) is 1. The Balaban J connectivity index is 1.70. The summed E-state index contributed by atoms with van der Waals surface area (Å²) >= 11 is 0. The lowest BCUT2D eigenvalue weighted by atomic mass is 10.3. The van der Waals surface area contributed by atoms with Crippen LogP contribution in [0.2, 0.25) is 0 Å². The van der Waals surface area contributed by atoms with Crippen LogP contribution in [0.4, 0.5) is 11.6 Å². The summed E-state index contributed by atoms with van der Waals surface area (Å²) < 4.78 is 15.2. The lowest BCUT2D eigenvalue weighted by Gasteiger charge is -2.28. The Labute approximate surface area is 198 Å². The predicted octanol–water partition coefficient (Wildman–Crippen LogP) is 2.71. The molecule has 1 saturated heterocycles. The fourth-order valence-electron chi connectivity index (χ4n) is 4.38. The molecule has 11 heteroatoms. The van der Waals surface area contributed by atoms with Gasteiger partial charge >= 0.3 is 0 Å². The maximum Gasteiger partial charge on any atom is 0.203 e. The number of nitrogens with zero attached hydrogens (tertiary/aromatic N) is 8. The van der Waals surface area contributed by atoms with Gasteiger partial charge < -0.3 is 24.3 Å². The van der Waals surface area contributed by atoms with E-state index in [0.717, 1.165) is 47.3 Å². The molecule has 4 aromatic rings. The molecule has 4 aromatic heterocycles. The molecule has 0 amide bonds. The average molecular weight is 466 g/mol. The van der Waals surface area contributed by atoms with E-state index >= 15 is 0 Å². The summed E-state index contributed by atoms with van der Waals surface area (Å²) in [4.78, 5) is 16.8. The molecule has 11 nitrogen and oxygen atoms in total. The molecule has 1 unspecified atom stereocenters. The maximum atomic E-state index is 5.52. The van der Waals surface area contributed by atoms with Gasteiger partial charge in [-0.05, 0) is 27.7 Å². The topological polar surface area (TPSA) is 108 Å². The quantitative estimate of drug-likeness (QED) is 0.441. The average Bonchev–Trinajstić information content (AvgIpc) is 3.40. The van der Waals surface area contributed by atoms with Gasteiger partial charge in [0.2, 0.25) is 5.65 Å². The van der Waals surface area contributed by atoms with Crippen LogP contribution in [-0.2, 0) is 9.47 Å². The fourth-order valence-corrected chi connectivity index (χ4v) is 4.38. The predicted molar refractivity (Wildman–Crippen MR) is 130 cm³/mol. The van der Waals surface area contributed by atoms with Gasteiger partial charge in [0.05, 0.1) is 37.6 Å². The SMILES string of the molecule is COCC(C)n1c(-c2cn3c(C)nnc3c(NC(C)C)n2)nc2cnc(N3CCOCC3)cc21. The summed E-state index contributed by atoms with van der Waals surface area (Å²) in [5.41, 5.74) is 3.23. The number of pyridine rings is 1. The molecule has 0 aliphatic carbocycles. The number of morpholine rings is 1. The minimum atomic E-state index is 0.0333. The lowest BCUT2D eigenvalue weighted by Crippen LogP contribution is -2.36. The summed E-state index contributed by atoms with van der Waals surface area (Å²) in [6, 6.07) is 2.33. The number of methoxy groups -OCH3 is 1. The van der Waals surface area contributed by atoms with Crippen LogP contribution in [0.15, 0.2) is 18.5 Å². The van der Waals surface area contributed by atoms with Gasteiger partial charge in [0.15, 0.2) is 11.6 Å². The van der Waals surface area contributed by atoms with E-state index in [1.165, 1.54) is 0 Å². The zero-order chi connectivity index (χ0) is 23.8. The van der Waals surface area contributed by atoms with Crippen LogP contribution in [0.1, 0.15) is 32.6 Å². The fraction of sp³-hybridized carbons (Fsp3) is 0.522. The summed E-state index contributed by atoms with van der Waals surface area (Å²) in [6.07, 6.45) is 3.79. The van der Waals surface area contributed by atoms with Gasteiger partial charge in [0.1, 0.15) is 22.9 Å². The molecular formula is C23H31N9O2. The first-order valence-corrected chi connectivity index (χ1v) is 11.6. The van der Waals surface area contributed by atoms with Crippen molar-refractivity contribution in [2.45, 2.75) is 39.8 Å². The molecule has 0 spiro atoms. The molecule has 1 atom stereocenters. The molecule has 0 bridgehead atoms. The Hall–Kier alpha value is -3.31. The first-order valence-electron chi connectivity index (χ1n) is 11.6. The Kier molecular flexibility index (Phi) is 6.05. The van der Waals surface area contributed by atoms with E-state index in [1.807, 2.05) is 23.7 Å². The van der Waals surface area contributed by atoms with Crippen molar-refractivity contribution in [1.29, 1.82) is 0 Å². The monoisotopic (exact) mass is 465 g/mol. The van der Waals surface area contributed by atoms with Crippen molar-refractivity contribution >= 4 is 28.3 Å². The van der Waals surface area contributed by atoms with Gasteiger partial charge in [0.25, 0.3) is 0 Å². The molecule has 34 heavy (non-hydrogen) atoms. The third-order valence-corrected chi connectivity index (χ3v) is 5.96. The highest BCUT2D eigenvalue weighted by atomic mass is 16.5. The first kappa shape index (κ1) is 22.5. The number of aryl methyl sites for hydroxylation is 1. The minimum Gasteiger partial charge on any atom is -0.383 e. The number of rotatable bonds is 7. The van der Waals surface area contributed by atoms with E-state index in [9.17, 15) is 0 Å². The molecule has 1 aliphatic rings. The van der Waals surface area contributed by atoms with Crippen LogP contribution in [0, 0.1) is 6.92 Å². The molecule has 0 radical (unpaired) electrons. The van der Waals surface area contributed by atoms with Crippen LogP contribution < -0.4 is 10.2 Å². The number of aromatic nitrogens is 7. The summed E-state index contributed by atoms with van der Waals surface area (Å²) in [5.74, 6) is 3.14. The molecule has 0 aromatic carbocycles. The number of hydrogen-bond acceptors (Lipinski definition) is 9. The Morgan fingerprint density at radius 1 is 1.15 bits per heavy atom. The van der Waals surface area contributed by atoms with Crippen LogP contribution in [0.5, 0.6) is 0 Å². The smallest absolute Gasteiger partial charge is 0.203 e. The lowest BCUT2D eigenvalue weighted by molar-refractivity contribution is 0.122. The van der Waals surface area contributed by atoms with Gasteiger partial charge in [-0.3, -0.25) is 4.40 Å². The normalized spacial score (nSPS) is 15.5. The highest BCUT2D eigenvalue weighted by Crippen LogP contribution is 2.31. The van der Waals surface area contributed by atoms with E-state index in [4.69, 9.17) is 24.4 Å². The van der Waals surface area contributed by atoms with E-state index in [-0.39, 0.29) is 12.1 Å². The molecule has 1 N–H and O–H groups in total. The molecule has 1 fully saturated rings. The molecule has 0 saturated carbocycles. The highest BCUT2D eigenvalue weighted by Gasteiger charge is 2.23. The molecule has 1 aliphatic heterocycles. The molecule has 5 heterocycles. The van der Waals surface area contributed by atoms with Crippen LogP contribution in [0.25, 0.3) is 28.2 Å². The second-order valence-electron chi connectivity index (χ2n) is 8.96.